The van der Waals surface area contributed by atoms with Crippen LogP contribution in [0.3, 0.4) is 0 Å². The number of carboxylic acids is 1. The van der Waals surface area contributed by atoms with Gasteiger partial charge in [-0.3, -0.25) is 0 Å². The van der Waals surface area contributed by atoms with Gasteiger partial charge in [0.1, 0.15) is 11.5 Å². The van der Waals surface area contributed by atoms with Crippen LogP contribution in [-0.4, -0.2) is 20.9 Å². The molecule has 0 aliphatic rings. The van der Waals surface area contributed by atoms with Crippen molar-refractivity contribution in [1.29, 1.82) is 0 Å². The molecule has 1 aromatic carbocycles. The maximum Gasteiger partial charge on any atom is 0.354 e. The zero-order chi connectivity index (χ0) is 15.0. The van der Waals surface area contributed by atoms with E-state index >= 15 is 0 Å². The van der Waals surface area contributed by atoms with E-state index in [1.165, 1.54) is 40.3 Å². The first-order chi connectivity index (χ1) is 10.1. The summed E-state index contributed by atoms with van der Waals surface area (Å²) in [6.45, 7) is 0. The molecular formula is C14H8ClFN2O2S. The molecule has 0 saturated heterocycles. The third-order valence-corrected chi connectivity index (χ3v) is 4.03. The van der Waals surface area contributed by atoms with E-state index < -0.39 is 11.8 Å². The van der Waals surface area contributed by atoms with Gasteiger partial charge in [-0.15, -0.1) is 11.3 Å². The first-order valence-corrected chi connectivity index (χ1v) is 7.14. The smallest absolute Gasteiger partial charge is 0.354 e. The lowest BCUT2D eigenvalue weighted by Gasteiger charge is -2.05. The quantitative estimate of drug-likeness (QED) is 0.790. The van der Waals surface area contributed by atoms with Crippen molar-refractivity contribution in [3.8, 4) is 16.3 Å². The minimum Gasteiger partial charge on any atom is -0.477 e. The number of carbonyl (C=O) groups is 1. The van der Waals surface area contributed by atoms with Gasteiger partial charge in [-0.05, 0) is 29.6 Å². The van der Waals surface area contributed by atoms with Crippen LogP contribution >= 0.6 is 22.9 Å². The minimum atomic E-state index is -1.12. The summed E-state index contributed by atoms with van der Waals surface area (Å²) >= 11 is 7.20. The lowest BCUT2D eigenvalue weighted by molar-refractivity contribution is 0.0687. The zero-order valence-corrected chi connectivity index (χ0v) is 12.0. The summed E-state index contributed by atoms with van der Waals surface area (Å²) in [5.74, 6) is -1.69. The monoisotopic (exact) mass is 322 g/mol. The second-order valence-electron chi connectivity index (χ2n) is 4.21. The Hall–Kier alpha value is -2.18. The predicted octanol–water partition coefficient (Wildman–Crippen LogP) is 4.09. The van der Waals surface area contributed by atoms with Crippen LogP contribution < -0.4 is 0 Å². The molecule has 0 saturated carbocycles. The van der Waals surface area contributed by atoms with E-state index in [1.54, 1.807) is 0 Å². The Bertz CT molecular complexity index is 815. The molecule has 0 aliphatic heterocycles. The van der Waals surface area contributed by atoms with Crippen molar-refractivity contribution in [2.45, 2.75) is 0 Å². The molecule has 106 valence electrons. The Morgan fingerprint density at radius 1 is 1.33 bits per heavy atom. The number of aromatic nitrogens is 2. The van der Waals surface area contributed by atoms with Crippen molar-refractivity contribution in [1.82, 2.24) is 9.78 Å². The van der Waals surface area contributed by atoms with Gasteiger partial charge < -0.3 is 5.11 Å². The van der Waals surface area contributed by atoms with Gasteiger partial charge in [-0.2, -0.15) is 5.10 Å². The van der Waals surface area contributed by atoms with E-state index in [9.17, 15) is 14.3 Å². The fraction of sp³-hybridized carbons (Fsp3) is 0. The van der Waals surface area contributed by atoms with Crippen LogP contribution in [0.1, 0.15) is 10.5 Å². The zero-order valence-electron chi connectivity index (χ0n) is 10.5. The Morgan fingerprint density at radius 3 is 2.76 bits per heavy atom. The number of nitrogens with zero attached hydrogens (tertiary/aromatic N) is 2. The summed E-state index contributed by atoms with van der Waals surface area (Å²) in [5, 5.41) is 15.4. The van der Waals surface area contributed by atoms with Crippen LogP contribution in [-0.2, 0) is 0 Å². The normalized spacial score (nSPS) is 10.8. The van der Waals surface area contributed by atoms with Crippen LogP contribution in [0.15, 0.2) is 41.8 Å². The average Bonchev–Trinajstić information content (AvgIpc) is 3.09. The fourth-order valence-corrected chi connectivity index (χ4v) is 2.75. The molecule has 2 aromatic heterocycles. The Labute approximate surface area is 128 Å². The molecule has 0 aliphatic carbocycles. The lowest BCUT2D eigenvalue weighted by atomic mass is 10.3. The van der Waals surface area contributed by atoms with Crippen molar-refractivity contribution >= 4 is 28.9 Å². The largest absolute Gasteiger partial charge is 0.477 e. The molecular weight excluding hydrogens is 315 g/mol. The summed E-state index contributed by atoms with van der Waals surface area (Å²) in [5.41, 5.74) is 0.922. The number of thiophene rings is 1. The van der Waals surface area contributed by atoms with E-state index in [1.807, 2.05) is 17.5 Å². The Kier molecular flexibility index (Phi) is 3.48. The maximum atomic E-state index is 13.2. The summed E-state index contributed by atoms with van der Waals surface area (Å²) in [6, 6.07) is 9.13. The SMILES string of the molecule is O=C(O)c1cc(-c2cccs2)nn1-c1ccc(F)c(Cl)c1. The molecule has 3 rings (SSSR count). The highest BCUT2D eigenvalue weighted by molar-refractivity contribution is 7.13. The van der Waals surface area contributed by atoms with Gasteiger partial charge in [0.15, 0.2) is 5.69 Å². The van der Waals surface area contributed by atoms with E-state index in [4.69, 9.17) is 11.6 Å². The van der Waals surface area contributed by atoms with Gasteiger partial charge in [-0.1, -0.05) is 17.7 Å². The molecule has 0 amide bonds. The number of carboxylic acid groups (broad SMARTS) is 1. The topological polar surface area (TPSA) is 55.1 Å². The van der Waals surface area contributed by atoms with Crippen molar-refractivity contribution in [2.75, 3.05) is 0 Å². The molecule has 1 N–H and O–H groups in total. The predicted molar refractivity (Wildman–Crippen MR) is 78.8 cm³/mol. The molecule has 7 heteroatoms. The highest BCUT2D eigenvalue weighted by Crippen LogP contribution is 2.27. The van der Waals surface area contributed by atoms with Crippen molar-refractivity contribution in [3.63, 3.8) is 0 Å². The van der Waals surface area contributed by atoms with Gasteiger partial charge in [-0.25, -0.2) is 13.9 Å². The third kappa shape index (κ3) is 2.55. The van der Waals surface area contributed by atoms with Crippen LogP contribution in [0.5, 0.6) is 0 Å². The number of aromatic carboxylic acids is 1. The van der Waals surface area contributed by atoms with E-state index in [2.05, 4.69) is 5.10 Å². The molecule has 0 unspecified atom stereocenters. The third-order valence-electron chi connectivity index (χ3n) is 2.85. The number of benzene rings is 1. The number of hydrogen-bond donors (Lipinski definition) is 1. The molecule has 4 nitrogen and oxygen atoms in total. The summed E-state index contributed by atoms with van der Waals surface area (Å²) in [7, 11) is 0. The average molecular weight is 323 g/mol. The van der Waals surface area contributed by atoms with E-state index in [-0.39, 0.29) is 10.7 Å². The first kappa shape index (κ1) is 13.8. The van der Waals surface area contributed by atoms with Crippen molar-refractivity contribution < 1.29 is 14.3 Å². The molecule has 2 heterocycles. The first-order valence-electron chi connectivity index (χ1n) is 5.89. The van der Waals surface area contributed by atoms with Crippen molar-refractivity contribution in [3.05, 3.63) is 58.3 Å². The van der Waals surface area contributed by atoms with Crippen LogP contribution in [0.4, 0.5) is 4.39 Å². The lowest BCUT2D eigenvalue weighted by Crippen LogP contribution is -2.07. The molecule has 0 spiro atoms. The summed E-state index contributed by atoms with van der Waals surface area (Å²) in [6.07, 6.45) is 0. The standard InChI is InChI=1S/C14H8ClFN2O2S/c15-9-6-8(3-4-10(9)16)18-12(14(19)20)7-11(17-18)13-2-1-5-21-13/h1-7H,(H,19,20). The van der Waals surface area contributed by atoms with Gasteiger partial charge in [0.05, 0.1) is 15.6 Å². The molecule has 0 atom stereocenters. The Morgan fingerprint density at radius 2 is 2.14 bits per heavy atom. The Balaban J connectivity index is 2.16. The highest BCUT2D eigenvalue weighted by Gasteiger charge is 2.17. The van der Waals surface area contributed by atoms with Gasteiger partial charge in [0.25, 0.3) is 0 Å². The van der Waals surface area contributed by atoms with Crippen molar-refractivity contribution in [2.24, 2.45) is 0 Å². The number of halogens is 2. The maximum absolute atomic E-state index is 13.2. The van der Waals surface area contributed by atoms with E-state index in [0.29, 0.717) is 11.4 Å². The van der Waals surface area contributed by atoms with Gasteiger partial charge in [0.2, 0.25) is 0 Å². The number of rotatable bonds is 3. The van der Waals surface area contributed by atoms with E-state index in [0.717, 1.165) is 4.88 Å². The highest BCUT2D eigenvalue weighted by atomic mass is 35.5. The molecule has 3 aromatic rings. The molecule has 0 fully saturated rings. The van der Waals surface area contributed by atoms with Gasteiger partial charge >= 0.3 is 5.97 Å². The number of hydrogen-bond acceptors (Lipinski definition) is 3. The molecule has 21 heavy (non-hydrogen) atoms. The second-order valence-corrected chi connectivity index (χ2v) is 5.56. The van der Waals surface area contributed by atoms with Crippen LogP contribution in [0.25, 0.3) is 16.3 Å². The fourth-order valence-electron chi connectivity index (χ4n) is 1.89. The van der Waals surface area contributed by atoms with Gasteiger partial charge in [0, 0.05) is 6.07 Å². The second kappa shape index (κ2) is 5.31. The summed E-state index contributed by atoms with van der Waals surface area (Å²) in [4.78, 5) is 12.2. The van der Waals surface area contributed by atoms with Crippen LogP contribution in [0, 0.1) is 5.82 Å². The van der Waals surface area contributed by atoms with Crippen LogP contribution in [0.2, 0.25) is 5.02 Å². The molecule has 0 bridgehead atoms. The summed E-state index contributed by atoms with van der Waals surface area (Å²) < 4.78 is 14.5. The minimum absolute atomic E-state index is 0.0129. The molecule has 0 radical (unpaired) electrons.